The summed E-state index contributed by atoms with van der Waals surface area (Å²) in [7, 11) is 2.24. The zero-order valence-corrected chi connectivity index (χ0v) is 12.6. The fourth-order valence-corrected chi connectivity index (χ4v) is 4.05. The van der Waals surface area contributed by atoms with Gasteiger partial charge in [-0.3, -0.25) is 4.79 Å². The lowest BCUT2D eigenvalue weighted by Gasteiger charge is -2.46. The Morgan fingerprint density at radius 1 is 1.10 bits per heavy atom. The van der Waals surface area contributed by atoms with E-state index in [0.717, 1.165) is 38.9 Å². The minimum absolute atomic E-state index is 0.140. The molecular formula is C16H27NO3. The summed E-state index contributed by atoms with van der Waals surface area (Å²) >= 11 is 0. The van der Waals surface area contributed by atoms with Crippen LogP contribution in [0.5, 0.6) is 0 Å². The molecule has 0 aromatic carbocycles. The minimum Gasteiger partial charge on any atom is -0.353 e. The van der Waals surface area contributed by atoms with E-state index in [2.05, 4.69) is 11.9 Å². The SMILES string of the molecule is CN1C2CCCC1CC(C(=O)CCC1OCCCO1)C2. The third-order valence-electron chi connectivity index (χ3n) is 5.32. The van der Waals surface area contributed by atoms with Crippen molar-refractivity contribution >= 4 is 5.78 Å². The molecular weight excluding hydrogens is 254 g/mol. The molecule has 0 aromatic heterocycles. The molecule has 20 heavy (non-hydrogen) atoms. The van der Waals surface area contributed by atoms with Crippen LogP contribution in [0.2, 0.25) is 0 Å². The first-order valence-corrected chi connectivity index (χ1v) is 8.22. The van der Waals surface area contributed by atoms with Crippen LogP contribution >= 0.6 is 0 Å². The van der Waals surface area contributed by atoms with Crippen LogP contribution in [-0.4, -0.2) is 49.3 Å². The van der Waals surface area contributed by atoms with Crippen LogP contribution in [0.25, 0.3) is 0 Å². The highest BCUT2D eigenvalue weighted by molar-refractivity contribution is 5.81. The summed E-state index contributed by atoms with van der Waals surface area (Å²) in [5.41, 5.74) is 0. The van der Waals surface area contributed by atoms with Crippen LogP contribution in [0.1, 0.15) is 51.4 Å². The topological polar surface area (TPSA) is 38.8 Å². The Kier molecular flexibility index (Phi) is 4.74. The lowest BCUT2D eigenvalue weighted by molar-refractivity contribution is -0.182. The number of Topliss-reactive ketones (excluding diaryl/α,β-unsaturated/α-hetero) is 1. The molecule has 4 nitrogen and oxygen atoms in total. The largest absolute Gasteiger partial charge is 0.353 e. The van der Waals surface area contributed by atoms with E-state index in [4.69, 9.17) is 9.47 Å². The normalized spacial score (nSPS) is 36.0. The summed E-state index contributed by atoms with van der Waals surface area (Å²) in [4.78, 5) is 15.0. The Labute approximate surface area is 121 Å². The van der Waals surface area contributed by atoms with Gasteiger partial charge in [0.2, 0.25) is 0 Å². The van der Waals surface area contributed by atoms with Gasteiger partial charge in [-0.25, -0.2) is 0 Å². The summed E-state index contributed by atoms with van der Waals surface area (Å²) in [6, 6.07) is 1.28. The van der Waals surface area contributed by atoms with Crippen molar-refractivity contribution < 1.29 is 14.3 Å². The number of carbonyl (C=O) groups is 1. The first-order valence-electron chi connectivity index (χ1n) is 8.22. The molecule has 3 heterocycles. The molecule has 0 saturated carbocycles. The molecule has 3 rings (SSSR count). The first-order chi connectivity index (χ1) is 9.74. The van der Waals surface area contributed by atoms with Gasteiger partial charge in [0.1, 0.15) is 5.78 Å². The van der Waals surface area contributed by atoms with E-state index in [1.54, 1.807) is 0 Å². The molecule has 3 aliphatic heterocycles. The molecule has 2 bridgehead atoms. The van der Waals surface area contributed by atoms with Crippen LogP contribution in [0.4, 0.5) is 0 Å². The Balaban J connectivity index is 1.47. The van der Waals surface area contributed by atoms with E-state index in [1.807, 2.05) is 0 Å². The zero-order valence-electron chi connectivity index (χ0n) is 12.6. The maximum absolute atomic E-state index is 12.4. The Morgan fingerprint density at radius 2 is 1.75 bits per heavy atom. The standard InChI is InChI=1S/C16H27NO3/c1-17-13-4-2-5-14(17)11-12(10-13)15(18)6-7-16-19-8-3-9-20-16/h12-14,16H,2-11H2,1H3. The number of hydrogen-bond donors (Lipinski definition) is 0. The van der Waals surface area contributed by atoms with Crippen molar-refractivity contribution in [2.24, 2.45) is 5.92 Å². The maximum Gasteiger partial charge on any atom is 0.157 e. The summed E-state index contributed by atoms with van der Waals surface area (Å²) in [6.07, 6.45) is 8.21. The maximum atomic E-state index is 12.4. The molecule has 3 fully saturated rings. The highest BCUT2D eigenvalue weighted by Gasteiger charge is 2.38. The average molecular weight is 281 g/mol. The predicted octanol–water partition coefficient (Wildman–Crippen LogP) is 2.36. The highest BCUT2D eigenvalue weighted by Crippen LogP contribution is 2.36. The quantitative estimate of drug-likeness (QED) is 0.793. The third kappa shape index (κ3) is 3.23. The van der Waals surface area contributed by atoms with E-state index in [1.165, 1.54) is 19.3 Å². The molecule has 3 saturated heterocycles. The van der Waals surface area contributed by atoms with Crippen molar-refractivity contribution in [2.45, 2.75) is 69.7 Å². The van der Waals surface area contributed by atoms with Crippen molar-refractivity contribution in [3.05, 3.63) is 0 Å². The van der Waals surface area contributed by atoms with Gasteiger partial charge in [-0.05, 0) is 39.2 Å². The molecule has 0 N–H and O–H groups in total. The van der Waals surface area contributed by atoms with Crippen molar-refractivity contribution in [1.29, 1.82) is 0 Å². The summed E-state index contributed by atoms with van der Waals surface area (Å²) in [5.74, 6) is 0.720. The van der Waals surface area contributed by atoms with Gasteiger partial charge < -0.3 is 14.4 Å². The monoisotopic (exact) mass is 281 g/mol. The molecule has 3 aliphatic rings. The van der Waals surface area contributed by atoms with Crippen LogP contribution < -0.4 is 0 Å². The van der Waals surface area contributed by atoms with Gasteiger partial charge in [0, 0.05) is 30.8 Å². The number of piperidine rings is 2. The molecule has 0 spiro atoms. The number of ether oxygens (including phenoxy) is 2. The van der Waals surface area contributed by atoms with Crippen LogP contribution in [-0.2, 0) is 14.3 Å². The van der Waals surface area contributed by atoms with Gasteiger partial charge in [-0.15, -0.1) is 0 Å². The second kappa shape index (κ2) is 6.54. The minimum atomic E-state index is -0.140. The van der Waals surface area contributed by atoms with Crippen LogP contribution in [0.3, 0.4) is 0 Å². The number of nitrogens with zero attached hydrogens (tertiary/aromatic N) is 1. The Morgan fingerprint density at radius 3 is 2.40 bits per heavy atom. The Hall–Kier alpha value is -0.450. The van der Waals surface area contributed by atoms with E-state index < -0.39 is 0 Å². The second-order valence-electron chi connectivity index (χ2n) is 6.60. The molecule has 114 valence electrons. The van der Waals surface area contributed by atoms with Gasteiger partial charge in [0.25, 0.3) is 0 Å². The summed E-state index contributed by atoms with van der Waals surface area (Å²) in [6.45, 7) is 1.55. The van der Waals surface area contributed by atoms with Gasteiger partial charge in [0.05, 0.1) is 13.2 Å². The lowest BCUT2D eigenvalue weighted by atomic mass is 9.76. The Bertz CT molecular complexity index is 327. The number of rotatable bonds is 4. The van der Waals surface area contributed by atoms with Gasteiger partial charge in [-0.2, -0.15) is 0 Å². The smallest absolute Gasteiger partial charge is 0.157 e. The lowest BCUT2D eigenvalue weighted by Crippen LogP contribution is -2.51. The number of fused-ring (bicyclic) bond motifs is 2. The molecule has 2 atom stereocenters. The van der Waals surface area contributed by atoms with Crippen molar-refractivity contribution in [1.82, 2.24) is 4.90 Å². The molecule has 0 aromatic rings. The van der Waals surface area contributed by atoms with E-state index in [-0.39, 0.29) is 12.2 Å². The van der Waals surface area contributed by atoms with E-state index in [9.17, 15) is 4.79 Å². The van der Waals surface area contributed by atoms with Crippen LogP contribution in [0.15, 0.2) is 0 Å². The second-order valence-corrected chi connectivity index (χ2v) is 6.60. The van der Waals surface area contributed by atoms with Gasteiger partial charge in [-0.1, -0.05) is 6.42 Å². The fraction of sp³-hybridized carbons (Fsp3) is 0.938. The number of carbonyl (C=O) groups excluding carboxylic acids is 1. The molecule has 0 amide bonds. The first kappa shape index (κ1) is 14.5. The van der Waals surface area contributed by atoms with Crippen LogP contribution in [0, 0.1) is 5.92 Å². The summed E-state index contributed by atoms with van der Waals surface area (Å²) in [5, 5.41) is 0. The third-order valence-corrected chi connectivity index (χ3v) is 5.32. The number of ketones is 1. The molecule has 2 unspecified atom stereocenters. The highest BCUT2D eigenvalue weighted by atomic mass is 16.7. The van der Waals surface area contributed by atoms with E-state index in [0.29, 0.717) is 24.3 Å². The fourth-order valence-electron chi connectivity index (χ4n) is 4.05. The van der Waals surface area contributed by atoms with E-state index >= 15 is 0 Å². The molecule has 4 heteroatoms. The van der Waals surface area contributed by atoms with Crippen molar-refractivity contribution in [3.63, 3.8) is 0 Å². The molecule has 0 radical (unpaired) electrons. The zero-order chi connectivity index (χ0) is 13.9. The van der Waals surface area contributed by atoms with Crippen molar-refractivity contribution in [2.75, 3.05) is 20.3 Å². The molecule has 0 aliphatic carbocycles. The van der Waals surface area contributed by atoms with Gasteiger partial charge in [0.15, 0.2) is 6.29 Å². The van der Waals surface area contributed by atoms with Gasteiger partial charge >= 0.3 is 0 Å². The predicted molar refractivity (Wildman–Crippen MR) is 76.5 cm³/mol. The van der Waals surface area contributed by atoms with Crippen molar-refractivity contribution in [3.8, 4) is 0 Å². The number of hydrogen-bond acceptors (Lipinski definition) is 4. The average Bonchev–Trinajstić information content (AvgIpc) is 2.45. The summed E-state index contributed by atoms with van der Waals surface area (Å²) < 4.78 is 11.0.